The van der Waals surface area contributed by atoms with Crippen LogP contribution >= 0.6 is 0 Å². The molecule has 6 atom stereocenters. The van der Waals surface area contributed by atoms with Crippen LogP contribution in [0, 0.1) is 42.6 Å². The second-order valence-electron chi connectivity index (χ2n) is 11.3. The van der Waals surface area contributed by atoms with E-state index in [1.165, 1.54) is 10.9 Å². The fraction of sp³-hybridized carbons (Fsp3) is 0.516. The average molecular weight is 651 g/mol. The number of aromatic nitrogens is 1. The van der Waals surface area contributed by atoms with Crippen molar-refractivity contribution >= 4 is 10.9 Å². The van der Waals surface area contributed by atoms with E-state index in [9.17, 15) is 10.2 Å². The van der Waals surface area contributed by atoms with Crippen molar-refractivity contribution in [1.29, 1.82) is 0 Å². The number of pyridine rings is 1. The summed E-state index contributed by atoms with van der Waals surface area (Å²) in [6.07, 6.45) is 3.56. The summed E-state index contributed by atoms with van der Waals surface area (Å²) in [5, 5.41) is 22.1. The summed E-state index contributed by atoms with van der Waals surface area (Å²) < 4.78 is 0. The Hall–Kier alpha value is -1.58. The predicted octanol–water partition coefficient (Wildman–Crippen LogP) is 6.90. The zero-order chi connectivity index (χ0) is 24.7. The summed E-state index contributed by atoms with van der Waals surface area (Å²) in [4.78, 5) is 4.70. The van der Waals surface area contributed by atoms with Crippen LogP contribution in [-0.4, -0.2) is 27.4 Å². The van der Waals surface area contributed by atoms with Gasteiger partial charge in [-0.1, -0.05) is 71.9 Å². The number of hydrogen-bond acceptors (Lipinski definition) is 3. The van der Waals surface area contributed by atoms with Crippen molar-refractivity contribution < 1.29 is 30.3 Å². The maximum Gasteiger partial charge on any atom is 0.0649 e. The summed E-state index contributed by atoms with van der Waals surface area (Å²) in [6, 6.07) is 20.0. The minimum Gasteiger partial charge on any atom is -0.392 e. The second-order valence-corrected chi connectivity index (χ2v) is 11.3. The van der Waals surface area contributed by atoms with Crippen molar-refractivity contribution in [3.63, 3.8) is 0 Å². The Labute approximate surface area is 224 Å². The van der Waals surface area contributed by atoms with Gasteiger partial charge in [-0.05, 0) is 59.6 Å². The third kappa shape index (κ3) is 5.42. The Morgan fingerprint density at radius 1 is 0.914 bits per heavy atom. The molecule has 4 heteroatoms. The molecular formula is C31H40IrNO2-. The number of hydrogen-bond donors (Lipinski definition) is 2. The quantitative estimate of drug-likeness (QED) is 0.304. The van der Waals surface area contributed by atoms with Gasteiger partial charge in [-0.3, -0.25) is 4.98 Å². The van der Waals surface area contributed by atoms with Gasteiger partial charge < -0.3 is 10.2 Å². The van der Waals surface area contributed by atoms with E-state index >= 15 is 0 Å². The first kappa shape index (κ1) is 28.0. The first-order chi connectivity index (χ1) is 16.1. The van der Waals surface area contributed by atoms with Crippen LogP contribution in [0.3, 0.4) is 0 Å². The summed E-state index contributed by atoms with van der Waals surface area (Å²) in [7, 11) is 0. The van der Waals surface area contributed by atoms with Crippen molar-refractivity contribution in [3.05, 3.63) is 65.7 Å². The molecule has 2 fully saturated rings. The van der Waals surface area contributed by atoms with Crippen LogP contribution in [0.4, 0.5) is 0 Å². The van der Waals surface area contributed by atoms with E-state index in [4.69, 9.17) is 4.98 Å². The van der Waals surface area contributed by atoms with Gasteiger partial charge in [0, 0.05) is 26.0 Å². The van der Waals surface area contributed by atoms with Crippen LogP contribution in [-0.2, 0) is 20.1 Å². The molecule has 35 heavy (non-hydrogen) atoms. The molecule has 191 valence electrons. The molecule has 2 aromatic carbocycles. The molecule has 2 aliphatic carbocycles. The molecule has 1 radical (unpaired) electrons. The predicted molar refractivity (Wildman–Crippen MR) is 141 cm³/mol. The summed E-state index contributed by atoms with van der Waals surface area (Å²) >= 11 is 0. The van der Waals surface area contributed by atoms with Gasteiger partial charge in [0.1, 0.15) is 0 Å². The first-order valence-corrected chi connectivity index (χ1v) is 12.8. The summed E-state index contributed by atoms with van der Waals surface area (Å²) in [5.41, 5.74) is 5.55. The number of nitrogens with zero attached hydrogens (tertiary/aromatic N) is 1. The van der Waals surface area contributed by atoms with Crippen molar-refractivity contribution in [3.8, 4) is 11.3 Å². The minimum absolute atomic E-state index is 0. The van der Waals surface area contributed by atoms with Gasteiger partial charge in [0.2, 0.25) is 0 Å². The molecule has 2 aliphatic rings. The van der Waals surface area contributed by atoms with Gasteiger partial charge in [-0.25, -0.2) is 0 Å². The first-order valence-electron chi connectivity index (χ1n) is 12.8. The maximum atomic E-state index is 10.5. The van der Waals surface area contributed by atoms with Gasteiger partial charge in [0.15, 0.2) is 0 Å². The van der Waals surface area contributed by atoms with Gasteiger partial charge in [-0.2, -0.15) is 0 Å². The monoisotopic (exact) mass is 651 g/mol. The molecule has 4 unspecified atom stereocenters. The molecule has 3 nitrogen and oxygen atoms in total. The van der Waals surface area contributed by atoms with Crippen molar-refractivity contribution in [2.24, 2.45) is 22.7 Å². The van der Waals surface area contributed by atoms with E-state index in [0.29, 0.717) is 5.92 Å². The molecule has 0 spiro atoms. The third-order valence-electron chi connectivity index (χ3n) is 8.80. The van der Waals surface area contributed by atoms with Gasteiger partial charge in [0.05, 0.1) is 17.7 Å². The van der Waals surface area contributed by atoms with Crippen LogP contribution in [0.1, 0.15) is 64.5 Å². The largest absolute Gasteiger partial charge is 0.392 e. The maximum absolute atomic E-state index is 10.5. The zero-order valence-corrected chi connectivity index (χ0v) is 24.3. The average Bonchev–Trinajstić information content (AvgIpc) is 3.22. The van der Waals surface area contributed by atoms with Crippen LogP contribution in [0.2, 0.25) is 0 Å². The normalized spacial score (nSPS) is 31.4. The molecule has 0 aliphatic heterocycles. The number of benzene rings is 2. The van der Waals surface area contributed by atoms with Crippen molar-refractivity contribution in [2.75, 3.05) is 0 Å². The van der Waals surface area contributed by atoms with Crippen LogP contribution in [0.15, 0.2) is 48.5 Å². The number of aryl methyl sites for hydroxylation is 2. The van der Waals surface area contributed by atoms with E-state index in [1.54, 1.807) is 0 Å². The van der Waals surface area contributed by atoms with E-state index < -0.39 is 0 Å². The van der Waals surface area contributed by atoms with Crippen LogP contribution in [0.25, 0.3) is 22.2 Å². The topological polar surface area (TPSA) is 53.4 Å². The van der Waals surface area contributed by atoms with Gasteiger partial charge in [0.25, 0.3) is 0 Å². The number of fused-ring (bicyclic) bond motifs is 2. The second kappa shape index (κ2) is 10.8. The molecule has 0 bridgehead atoms. The van der Waals surface area contributed by atoms with Crippen molar-refractivity contribution in [1.82, 2.24) is 4.98 Å². The van der Waals surface area contributed by atoms with Gasteiger partial charge in [-0.15, -0.1) is 34.9 Å². The van der Waals surface area contributed by atoms with E-state index in [-0.39, 0.29) is 49.1 Å². The standard InChI is InChI=1S/C17H14N.C14H26O2.Ir/c1-12-9-13(2)11-15(10-12)17-8-7-14-5-3-4-6-16(14)18-17;1-5-13(3)7-9-8-14(4,6-2)12(16)10(9)11(13)15;/h3-10H,1-2H3;9-12,15-16H,5-8H2,1-4H3;/q-1;;/t;9?,10?,11?,12?,13-,14+;. The zero-order valence-electron chi connectivity index (χ0n) is 21.9. The van der Waals surface area contributed by atoms with Crippen LogP contribution in [0.5, 0.6) is 0 Å². The molecule has 2 saturated carbocycles. The summed E-state index contributed by atoms with van der Waals surface area (Å²) in [6.45, 7) is 12.8. The molecule has 1 aromatic heterocycles. The molecular weight excluding hydrogens is 611 g/mol. The minimum atomic E-state index is -0.314. The third-order valence-corrected chi connectivity index (χ3v) is 8.80. The molecule has 0 amide bonds. The van der Waals surface area contributed by atoms with E-state index in [0.717, 1.165) is 48.0 Å². The molecule has 3 aromatic rings. The number of rotatable bonds is 3. The molecule has 5 rings (SSSR count). The Kier molecular flexibility index (Phi) is 8.64. The summed E-state index contributed by atoms with van der Waals surface area (Å²) in [5.74, 6) is 0.648. The fourth-order valence-electron chi connectivity index (χ4n) is 6.36. The smallest absolute Gasteiger partial charge is 0.0649 e. The Bertz CT molecular complexity index is 1120. The SMILES string of the molecule is CC[C@@]1(C)CC2C[C@@](C)(CC)C(O)C2C1O.Cc1[c-]c(-c2ccc3ccccc3n2)cc(C)c1.[Ir]. The van der Waals surface area contributed by atoms with Gasteiger partial charge >= 0.3 is 0 Å². The van der Waals surface area contributed by atoms with E-state index in [1.807, 2.05) is 18.2 Å². The molecule has 1 heterocycles. The Morgan fingerprint density at radius 2 is 1.51 bits per heavy atom. The number of aliphatic hydroxyl groups excluding tert-OH is 2. The van der Waals surface area contributed by atoms with Crippen LogP contribution < -0.4 is 0 Å². The van der Waals surface area contributed by atoms with Crippen molar-refractivity contribution in [2.45, 2.75) is 79.4 Å². The van der Waals surface area contributed by atoms with E-state index in [2.05, 4.69) is 77.9 Å². The Balaban J connectivity index is 0.000000192. The number of aliphatic hydroxyl groups is 2. The number of para-hydroxylation sites is 1. The fourth-order valence-corrected chi connectivity index (χ4v) is 6.36. The Morgan fingerprint density at radius 3 is 2.06 bits per heavy atom. The molecule has 0 saturated heterocycles. The molecule has 2 N–H and O–H groups in total.